The van der Waals surface area contributed by atoms with E-state index in [4.69, 9.17) is 9.47 Å². The van der Waals surface area contributed by atoms with E-state index in [9.17, 15) is 13.7 Å². The Morgan fingerprint density at radius 2 is 1.75 bits per heavy atom. The topological polar surface area (TPSA) is 138 Å². The fraction of sp³-hybridized carbons (Fsp3) is 0.476. The van der Waals surface area contributed by atoms with Crippen molar-refractivity contribution in [2.45, 2.75) is 42.8 Å². The summed E-state index contributed by atoms with van der Waals surface area (Å²) in [5.74, 6) is 0.726. The highest BCUT2D eigenvalue weighted by Gasteiger charge is 2.20. The van der Waals surface area contributed by atoms with E-state index in [2.05, 4.69) is 31.4 Å². The lowest BCUT2D eigenvalue weighted by molar-refractivity contribution is 0.114. The highest BCUT2D eigenvalue weighted by atomic mass is 32.2. The summed E-state index contributed by atoms with van der Waals surface area (Å²) in [4.78, 5) is 8.73. The van der Waals surface area contributed by atoms with Crippen LogP contribution >= 0.6 is 0 Å². The van der Waals surface area contributed by atoms with E-state index in [1.54, 1.807) is 12.1 Å². The normalized spacial score (nSPS) is 20.7. The van der Waals surface area contributed by atoms with Crippen LogP contribution in [0.2, 0.25) is 0 Å². The molecule has 10 nitrogen and oxygen atoms in total. The first-order chi connectivity index (χ1) is 15.5. The predicted octanol–water partition coefficient (Wildman–Crippen LogP) is 2.14. The molecule has 0 amide bonds. The molecule has 2 unspecified atom stereocenters. The zero-order chi connectivity index (χ0) is 22.4. The van der Waals surface area contributed by atoms with Crippen molar-refractivity contribution in [1.29, 1.82) is 5.26 Å². The van der Waals surface area contributed by atoms with E-state index in [0.717, 1.165) is 32.3 Å². The first kappa shape index (κ1) is 22.4. The van der Waals surface area contributed by atoms with Crippen LogP contribution in [0.1, 0.15) is 31.2 Å². The van der Waals surface area contributed by atoms with Gasteiger partial charge < -0.3 is 20.1 Å². The van der Waals surface area contributed by atoms with E-state index >= 15 is 0 Å². The summed E-state index contributed by atoms with van der Waals surface area (Å²) >= 11 is 0. The van der Waals surface area contributed by atoms with Crippen molar-refractivity contribution in [2.75, 3.05) is 36.9 Å². The molecule has 2 saturated heterocycles. The van der Waals surface area contributed by atoms with Crippen molar-refractivity contribution in [1.82, 2.24) is 14.7 Å². The number of anilines is 3. The summed E-state index contributed by atoms with van der Waals surface area (Å²) in [7, 11) is -3.62. The number of benzene rings is 1. The summed E-state index contributed by atoms with van der Waals surface area (Å²) < 4.78 is 38.6. The highest BCUT2D eigenvalue weighted by molar-refractivity contribution is 7.89. The maximum absolute atomic E-state index is 12.5. The number of hydrogen-bond donors (Lipinski definition) is 3. The molecule has 0 radical (unpaired) electrons. The Balaban J connectivity index is 1.39. The van der Waals surface area contributed by atoms with E-state index in [-0.39, 0.29) is 23.6 Å². The van der Waals surface area contributed by atoms with Gasteiger partial charge in [0.15, 0.2) is 0 Å². The first-order valence-electron chi connectivity index (χ1n) is 10.6. The highest BCUT2D eigenvalue weighted by Crippen LogP contribution is 2.20. The van der Waals surface area contributed by atoms with Gasteiger partial charge in [0.25, 0.3) is 0 Å². The Hall–Kier alpha value is -2.78. The molecule has 0 aliphatic carbocycles. The molecule has 3 N–H and O–H groups in total. The van der Waals surface area contributed by atoms with Crippen molar-refractivity contribution in [2.24, 2.45) is 0 Å². The van der Waals surface area contributed by atoms with Gasteiger partial charge in [-0.15, -0.1) is 0 Å². The molecule has 11 heteroatoms. The fourth-order valence-corrected chi connectivity index (χ4v) is 4.68. The second-order valence-corrected chi connectivity index (χ2v) is 9.49. The predicted molar refractivity (Wildman–Crippen MR) is 118 cm³/mol. The van der Waals surface area contributed by atoms with Crippen LogP contribution in [0.15, 0.2) is 35.4 Å². The van der Waals surface area contributed by atoms with Gasteiger partial charge >= 0.3 is 0 Å². The number of ether oxygens (including phenoxy) is 2. The molecule has 1 aromatic carbocycles. The lowest BCUT2D eigenvalue weighted by Crippen LogP contribution is -2.31. The van der Waals surface area contributed by atoms with Gasteiger partial charge in [0.1, 0.15) is 17.5 Å². The SMILES string of the molecule is N#Cc1cnc(Nc2ccc(S(=O)(=O)NCC3CCCO3)cc2)nc1NCC1CCCO1. The number of sulfonamides is 1. The number of nitrogens with zero attached hydrogens (tertiary/aromatic N) is 3. The second kappa shape index (κ2) is 10.2. The molecule has 4 rings (SSSR count). The van der Waals surface area contributed by atoms with Crippen molar-refractivity contribution in [3.05, 3.63) is 36.0 Å². The van der Waals surface area contributed by atoms with Gasteiger partial charge in [-0.1, -0.05) is 0 Å². The molecule has 2 aliphatic rings. The number of aromatic nitrogens is 2. The van der Waals surface area contributed by atoms with Gasteiger partial charge in [0.05, 0.1) is 23.3 Å². The molecule has 0 spiro atoms. The third kappa shape index (κ3) is 5.72. The minimum Gasteiger partial charge on any atom is -0.377 e. The molecule has 2 aromatic rings. The first-order valence-corrected chi connectivity index (χ1v) is 12.1. The standard InChI is InChI=1S/C21H26N6O4S/c22-11-15-12-24-21(27-20(15)23-13-17-3-1-9-30-17)26-16-5-7-19(8-6-16)32(28,29)25-14-18-4-2-10-31-18/h5-8,12,17-18,25H,1-4,9-10,13-14H2,(H2,23,24,26,27). The smallest absolute Gasteiger partial charge is 0.240 e. The minimum atomic E-state index is -3.62. The lowest BCUT2D eigenvalue weighted by atomic mass is 10.2. The summed E-state index contributed by atoms with van der Waals surface area (Å²) in [5, 5.41) is 15.5. The number of nitriles is 1. The molecule has 2 atom stereocenters. The molecule has 32 heavy (non-hydrogen) atoms. The van der Waals surface area contributed by atoms with Crippen molar-refractivity contribution in [3.63, 3.8) is 0 Å². The molecule has 2 fully saturated rings. The number of hydrogen-bond acceptors (Lipinski definition) is 9. The van der Waals surface area contributed by atoms with E-state index in [0.29, 0.717) is 36.2 Å². The van der Waals surface area contributed by atoms with Crippen LogP contribution in [0, 0.1) is 11.3 Å². The van der Waals surface area contributed by atoms with Crippen molar-refractivity contribution in [3.8, 4) is 6.07 Å². The number of rotatable bonds is 9. The second-order valence-electron chi connectivity index (χ2n) is 7.72. The molecule has 0 bridgehead atoms. The van der Waals surface area contributed by atoms with E-state index in [1.807, 2.05) is 0 Å². The van der Waals surface area contributed by atoms with Crippen molar-refractivity contribution >= 4 is 27.5 Å². The summed E-state index contributed by atoms with van der Waals surface area (Å²) in [6.07, 6.45) is 5.31. The van der Waals surface area contributed by atoms with Crippen LogP contribution in [0.5, 0.6) is 0 Å². The zero-order valence-electron chi connectivity index (χ0n) is 17.6. The Labute approximate surface area is 187 Å². The van der Waals surface area contributed by atoms with E-state index in [1.165, 1.54) is 18.3 Å². The Kier molecular flexibility index (Phi) is 7.16. The van der Waals surface area contributed by atoms with Gasteiger partial charge in [0.2, 0.25) is 16.0 Å². The summed E-state index contributed by atoms with van der Waals surface area (Å²) in [6.45, 7) is 2.26. The fourth-order valence-electron chi connectivity index (χ4n) is 3.61. The summed E-state index contributed by atoms with van der Waals surface area (Å²) in [6, 6.07) is 8.39. The van der Waals surface area contributed by atoms with Crippen LogP contribution in [0.3, 0.4) is 0 Å². The Morgan fingerprint density at radius 1 is 1.06 bits per heavy atom. The molecule has 0 saturated carbocycles. The third-order valence-electron chi connectivity index (χ3n) is 5.38. The largest absolute Gasteiger partial charge is 0.377 e. The van der Waals surface area contributed by atoms with Gasteiger partial charge in [-0.05, 0) is 49.9 Å². The maximum atomic E-state index is 12.5. The van der Waals surface area contributed by atoms with Crippen LogP contribution in [0.25, 0.3) is 0 Å². The maximum Gasteiger partial charge on any atom is 0.240 e. The Bertz CT molecular complexity index is 1060. The Morgan fingerprint density at radius 3 is 2.38 bits per heavy atom. The van der Waals surface area contributed by atoms with Crippen LogP contribution in [0.4, 0.5) is 17.5 Å². The number of nitrogens with one attached hydrogen (secondary N) is 3. The van der Waals surface area contributed by atoms with E-state index < -0.39 is 10.0 Å². The quantitative estimate of drug-likeness (QED) is 0.516. The average Bonchev–Trinajstić information content (AvgIpc) is 3.51. The van der Waals surface area contributed by atoms with Crippen LogP contribution in [-0.2, 0) is 19.5 Å². The third-order valence-corrected chi connectivity index (χ3v) is 6.82. The van der Waals surface area contributed by atoms with Gasteiger partial charge in [-0.3, -0.25) is 0 Å². The average molecular weight is 459 g/mol. The van der Waals surface area contributed by atoms with Gasteiger partial charge in [0, 0.05) is 32.0 Å². The van der Waals surface area contributed by atoms with Crippen LogP contribution < -0.4 is 15.4 Å². The molecule has 1 aromatic heterocycles. The summed E-state index contributed by atoms with van der Waals surface area (Å²) in [5.41, 5.74) is 0.963. The molecule has 170 valence electrons. The molecular weight excluding hydrogens is 432 g/mol. The molecular formula is C21H26N6O4S. The molecule has 3 heterocycles. The zero-order valence-corrected chi connectivity index (χ0v) is 18.4. The van der Waals surface area contributed by atoms with Crippen LogP contribution in [-0.4, -0.2) is 56.9 Å². The van der Waals surface area contributed by atoms with Crippen molar-refractivity contribution < 1.29 is 17.9 Å². The lowest BCUT2D eigenvalue weighted by Gasteiger charge is -2.13. The van der Waals surface area contributed by atoms with Gasteiger partial charge in [-0.2, -0.15) is 10.2 Å². The minimum absolute atomic E-state index is 0.0673. The van der Waals surface area contributed by atoms with Gasteiger partial charge in [-0.25, -0.2) is 18.1 Å². The monoisotopic (exact) mass is 458 g/mol. The molecule has 2 aliphatic heterocycles.